The van der Waals surface area contributed by atoms with Gasteiger partial charge >= 0.3 is 0 Å². The van der Waals surface area contributed by atoms with Gasteiger partial charge < -0.3 is 19.7 Å². The number of carbonyl (C=O) groups is 1. The van der Waals surface area contributed by atoms with Gasteiger partial charge in [0.15, 0.2) is 5.79 Å². The van der Waals surface area contributed by atoms with E-state index in [1.54, 1.807) is 12.4 Å². The number of para-hydroxylation sites is 1. The Morgan fingerprint density at radius 1 is 1.21 bits per heavy atom. The summed E-state index contributed by atoms with van der Waals surface area (Å²) >= 11 is 0. The second kappa shape index (κ2) is 7.89. The molecule has 2 aromatic rings. The lowest BCUT2D eigenvalue weighted by molar-refractivity contribution is -0.181. The van der Waals surface area contributed by atoms with E-state index in [-0.39, 0.29) is 5.91 Å². The summed E-state index contributed by atoms with van der Waals surface area (Å²) in [5.41, 5.74) is 4.93. The fourth-order valence-corrected chi connectivity index (χ4v) is 3.99. The van der Waals surface area contributed by atoms with Gasteiger partial charge in [-0.3, -0.25) is 9.78 Å². The molecule has 2 aliphatic rings. The van der Waals surface area contributed by atoms with E-state index in [0.717, 1.165) is 17.8 Å². The minimum absolute atomic E-state index is 0.00416. The molecule has 1 amide bonds. The van der Waals surface area contributed by atoms with Crippen LogP contribution in [0.4, 0.5) is 11.4 Å². The number of piperidine rings is 1. The van der Waals surface area contributed by atoms with Crippen molar-refractivity contribution in [3.05, 3.63) is 53.3 Å². The maximum atomic E-state index is 13.0. The maximum Gasteiger partial charge on any atom is 0.255 e. The highest BCUT2D eigenvalue weighted by Crippen LogP contribution is 2.32. The Kier molecular flexibility index (Phi) is 5.33. The van der Waals surface area contributed by atoms with Crippen LogP contribution in [0.1, 0.15) is 41.3 Å². The standard InChI is InChI=1S/C22H27N3O3/c1-3-17-6-4-5-16(2)20(17)24-19-13-18(14-23-15-19)21(26)25-9-7-22(8-10-25)27-11-12-28-22/h4-6,13-15,24H,3,7-12H2,1-2H3. The van der Waals surface area contributed by atoms with Gasteiger partial charge in [-0.05, 0) is 30.5 Å². The summed E-state index contributed by atoms with van der Waals surface area (Å²) in [6, 6.07) is 8.15. The van der Waals surface area contributed by atoms with Crippen LogP contribution in [0.25, 0.3) is 0 Å². The van der Waals surface area contributed by atoms with Crippen LogP contribution < -0.4 is 5.32 Å². The van der Waals surface area contributed by atoms with E-state index in [9.17, 15) is 4.79 Å². The molecule has 28 heavy (non-hydrogen) atoms. The Bertz CT molecular complexity index is 852. The van der Waals surface area contributed by atoms with E-state index in [1.165, 1.54) is 11.1 Å². The van der Waals surface area contributed by atoms with E-state index in [1.807, 2.05) is 11.0 Å². The molecule has 6 nitrogen and oxygen atoms in total. The summed E-state index contributed by atoms with van der Waals surface area (Å²) in [6.45, 7) is 6.77. The number of amides is 1. The van der Waals surface area contributed by atoms with Crippen LogP contribution in [-0.4, -0.2) is 47.9 Å². The van der Waals surface area contributed by atoms with Crippen molar-refractivity contribution in [3.8, 4) is 0 Å². The van der Waals surface area contributed by atoms with Crippen molar-refractivity contribution in [2.75, 3.05) is 31.6 Å². The van der Waals surface area contributed by atoms with Crippen molar-refractivity contribution in [1.82, 2.24) is 9.88 Å². The van der Waals surface area contributed by atoms with Crippen LogP contribution in [0, 0.1) is 6.92 Å². The van der Waals surface area contributed by atoms with Crippen LogP contribution in [0.5, 0.6) is 0 Å². The molecular weight excluding hydrogens is 354 g/mol. The fourth-order valence-electron chi connectivity index (χ4n) is 3.99. The van der Waals surface area contributed by atoms with Gasteiger partial charge in [-0.2, -0.15) is 0 Å². The first kappa shape index (κ1) is 18.9. The number of aryl methyl sites for hydroxylation is 2. The van der Waals surface area contributed by atoms with Crippen molar-refractivity contribution in [3.63, 3.8) is 0 Å². The van der Waals surface area contributed by atoms with Crippen molar-refractivity contribution in [1.29, 1.82) is 0 Å². The number of nitrogens with zero attached hydrogens (tertiary/aromatic N) is 2. The molecular formula is C22H27N3O3. The maximum absolute atomic E-state index is 13.0. The molecule has 0 atom stereocenters. The van der Waals surface area contributed by atoms with Gasteiger partial charge in [-0.1, -0.05) is 25.1 Å². The van der Waals surface area contributed by atoms with Gasteiger partial charge in [0.2, 0.25) is 0 Å². The third-order valence-electron chi connectivity index (χ3n) is 5.62. The number of ether oxygens (including phenoxy) is 2. The molecule has 1 aromatic heterocycles. The van der Waals surface area contributed by atoms with Crippen molar-refractivity contribution >= 4 is 17.3 Å². The summed E-state index contributed by atoms with van der Waals surface area (Å²) in [5.74, 6) is -0.468. The summed E-state index contributed by atoms with van der Waals surface area (Å²) in [6.07, 6.45) is 5.77. The monoisotopic (exact) mass is 381 g/mol. The quantitative estimate of drug-likeness (QED) is 0.875. The summed E-state index contributed by atoms with van der Waals surface area (Å²) < 4.78 is 11.5. The molecule has 0 unspecified atom stereocenters. The van der Waals surface area contributed by atoms with Gasteiger partial charge in [0.25, 0.3) is 5.91 Å². The number of benzene rings is 1. The molecule has 1 aromatic carbocycles. The SMILES string of the molecule is CCc1cccc(C)c1Nc1cncc(C(=O)N2CCC3(CC2)OCCO3)c1. The average Bonchev–Trinajstić information content (AvgIpc) is 3.18. The summed E-state index contributed by atoms with van der Waals surface area (Å²) in [5, 5.41) is 3.46. The molecule has 0 aliphatic carbocycles. The van der Waals surface area contributed by atoms with Crippen LogP contribution in [0.3, 0.4) is 0 Å². The molecule has 0 radical (unpaired) electrons. The lowest BCUT2D eigenvalue weighted by Gasteiger charge is -2.37. The number of likely N-dealkylation sites (tertiary alicyclic amines) is 1. The van der Waals surface area contributed by atoms with Gasteiger partial charge in [0.05, 0.1) is 30.7 Å². The lowest BCUT2D eigenvalue weighted by Crippen LogP contribution is -2.47. The Labute approximate surface area is 165 Å². The Balaban J connectivity index is 1.47. The Morgan fingerprint density at radius 3 is 2.68 bits per heavy atom. The molecule has 0 bridgehead atoms. The van der Waals surface area contributed by atoms with Gasteiger partial charge in [-0.15, -0.1) is 0 Å². The third kappa shape index (κ3) is 3.75. The lowest BCUT2D eigenvalue weighted by atomic mass is 10.0. The van der Waals surface area contributed by atoms with E-state index in [0.29, 0.717) is 44.7 Å². The second-order valence-electron chi connectivity index (χ2n) is 7.45. The molecule has 1 N–H and O–H groups in total. The van der Waals surface area contributed by atoms with Crippen molar-refractivity contribution < 1.29 is 14.3 Å². The van der Waals surface area contributed by atoms with Gasteiger partial charge in [0.1, 0.15) is 0 Å². The van der Waals surface area contributed by atoms with Gasteiger partial charge in [-0.25, -0.2) is 0 Å². The normalized spacial score (nSPS) is 18.4. The first-order valence-electron chi connectivity index (χ1n) is 9.98. The number of hydrogen-bond acceptors (Lipinski definition) is 5. The predicted octanol–water partition coefficient (Wildman–Crippen LogP) is 3.68. The predicted molar refractivity (Wildman–Crippen MR) is 108 cm³/mol. The highest BCUT2D eigenvalue weighted by molar-refractivity contribution is 5.95. The molecule has 0 saturated carbocycles. The van der Waals surface area contributed by atoms with Crippen LogP contribution >= 0.6 is 0 Å². The highest BCUT2D eigenvalue weighted by Gasteiger charge is 2.40. The number of aromatic nitrogens is 1. The molecule has 2 fully saturated rings. The number of pyridine rings is 1. The Hall–Kier alpha value is -2.44. The van der Waals surface area contributed by atoms with E-state index < -0.39 is 5.79 Å². The zero-order valence-electron chi connectivity index (χ0n) is 16.5. The second-order valence-corrected chi connectivity index (χ2v) is 7.45. The molecule has 6 heteroatoms. The number of hydrogen-bond donors (Lipinski definition) is 1. The van der Waals surface area contributed by atoms with E-state index in [2.05, 4.69) is 42.3 Å². The Morgan fingerprint density at radius 2 is 1.96 bits per heavy atom. The largest absolute Gasteiger partial charge is 0.354 e. The first-order valence-corrected chi connectivity index (χ1v) is 9.98. The van der Waals surface area contributed by atoms with Crippen LogP contribution in [-0.2, 0) is 15.9 Å². The van der Waals surface area contributed by atoms with Crippen molar-refractivity contribution in [2.24, 2.45) is 0 Å². The molecule has 2 saturated heterocycles. The van der Waals surface area contributed by atoms with Crippen LogP contribution in [0.2, 0.25) is 0 Å². The van der Waals surface area contributed by atoms with Crippen molar-refractivity contribution in [2.45, 2.75) is 38.9 Å². The zero-order chi connectivity index (χ0) is 19.6. The summed E-state index contributed by atoms with van der Waals surface area (Å²) in [4.78, 5) is 19.1. The smallest absolute Gasteiger partial charge is 0.255 e. The zero-order valence-corrected chi connectivity index (χ0v) is 16.5. The van der Waals surface area contributed by atoms with E-state index >= 15 is 0 Å². The molecule has 4 rings (SSSR count). The molecule has 2 aliphatic heterocycles. The third-order valence-corrected chi connectivity index (χ3v) is 5.62. The summed E-state index contributed by atoms with van der Waals surface area (Å²) in [7, 11) is 0. The minimum atomic E-state index is -0.472. The molecule has 1 spiro atoms. The molecule has 3 heterocycles. The minimum Gasteiger partial charge on any atom is -0.354 e. The first-order chi connectivity index (χ1) is 13.6. The topological polar surface area (TPSA) is 63.7 Å². The van der Waals surface area contributed by atoms with Gasteiger partial charge in [0, 0.05) is 37.8 Å². The van der Waals surface area contributed by atoms with Crippen LogP contribution in [0.15, 0.2) is 36.7 Å². The molecule has 148 valence electrons. The average molecular weight is 381 g/mol. The fraction of sp³-hybridized carbons (Fsp3) is 0.455. The number of carbonyl (C=O) groups excluding carboxylic acids is 1. The van der Waals surface area contributed by atoms with E-state index in [4.69, 9.17) is 9.47 Å². The number of rotatable bonds is 4. The number of nitrogens with one attached hydrogen (secondary N) is 1. The number of anilines is 2. The highest BCUT2D eigenvalue weighted by atomic mass is 16.7.